The maximum absolute atomic E-state index is 15.3. The lowest BCUT2D eigenvalue weighted by Crippen LogP contribution is -2.20. The summed E-state index contributed by atoms with van der Waals surface area (Å²) in [5, 5.41) is 3.61. The molecule has 0 aliphatic heterocycles. The van der Waals surface area contributed by atoms with Crippen LogP contribution in [-0.4, -0.2) is 62.8 Å². The average molecular weight is 680 g/mol. The summed E-state index contributed by atoms with van der Waals surface area (Å²) < 4.78 is 53.9. The average Bonchev–Trinajstić information content (AvgIpc) is 2.96. The lowest BCUT2D eigenvalue weighted by Gasteiger charge is -2.27. The molecule has 0 unspecified atom stereocenters. The van der Waals surface area contributed by atoms with Crippen LogP contribution >= 0.6 is 31.1 Å². The fourth-order valence-corrected chi connectivity index (χ4v) is 4.82. The quantitative estimate of drug-likeness (QED) is 0.143. The first-order chi connectivity index (χ1) is 20.3. The molecular weight excluding hydrogens is 627 g/mol. The van der Waals surface area contributed by atoms with Gasteiger partial charge in [0, 0.05) is 40.5 Å². The van der Waals surface area contributed by atoms with Gasteiger partial charge in [-0.2, -0.15) is 32.3 Å². The van der Waals surface area contributed by atoms with E-state index < -0.39 is 18.8 Å². The van der Waals surface area contributed by atoms with Gasteiger partial charge in [0.05, 0.1) is 13.2 Å². The second-order valence-electron chi connectivity index (χ2n) is 11.7. The zero-order valence-electron chi connectivity index (χ0n) is 28.1. The molecule has 2 aromatic carbocycles. The lowest BCUT2D eigenvalue weighted by molar-refractivity contribution is -0.114. The Hall–Kier alpha value is -1.78. The number of carbonyl (C=O) groups is 3. The SMILES string of the molecule is CC(C)(C)C=O.CC(C)(C)C=O.CCC.CNC(=O)c1ccc2ccc(C(F)(F)P(=O)(OCCSC)OCCSC)cc2c1. The Morgan fingerprint density at radius 3 is 1.61 bits per heavy atom. The Bertz CT molecular complexity index is 1150. The second-order valence-corrected chi connectivity index (χ2v) is 15.8. The fourth-order valence-electron chi connectivity index (χ4n) is 2.56. The molecule has 0 aromatic heterocycles. The van der Waals surface area contributed by atoms with Crippen LogP contribution in [0.4, 0.5) is 8.78 Å². The van der Waals surface area contributed by atoms with E-state index in [0.717, 1.165) is 12.6 Å². The van der Waals surface area contributed by atoms with Crippen molar-refractivity contribution >= 4 is 60.4 Å². The molecule has 0 heterocycles. The first kappa shape index (κ1) is 44.3. The molecule has 1 N–H and O–H groups in total. The molecule has 2 rings (SSSR count). The number of hydrogen-bond donors (Lipinski definition) is 1. The minimum atomic E-state index is -4.76. The first-order valence-electron chi connectivity index (χ1n) is 14.3. The lowest BCUT2D eigenvalue weighted by atomic mass is 10.0. The molecule has 0 fully saturated rings. The molecule has 1 amide bonds. The Balaban J connectivity index is 0. The van der Waals surface area contributed by atoms with E-state index in [1.165, 1.54) is 61.3 Å². The molecule has 0 radical (unpaired) electrons. The van der Waals surface area contributed by atoms with Gasteiger partial charge < -0.3 is 24.0 Å². The van der Waals surface area contributed by atoms with E-state index in [0.29, 0.717) is 27.8 Å². The molecule has 0 aliphatic carbocycles. The highest BCUT2D eigenvalue weighted by molar-refractivity contribution is 7.98. The predicted octanol–water partition coefficient (Wildman–Crippen LogP) is 9.08. The molecule has 12 heteroatoms. The number of halogens is 2. The van der Waals surface area contributed by atoms with Crippen LogP contribution in [-0.2, 0) is 28.9 Å². The van der Waals surface area contributed by atoms with E-state index in [-0.39, 0.29) is 30.0 Å². The summed E-state index contributed by atoms with van der Waals surface area (Å²) in [6.45, 7) is 15.3. The van der Waals surface area contributed by atoms with Gasteiger partial charge in [0.2, 0.25) is 0 Å². The van der Waals surface area contributed by atoms with E-state index in [1.54, 1.807) is 24.6 Å². The van der Waals surface area contributed by atoms with Crippen LogP contribution in [0.1, 0.15) is 77.7 Å². The van der Waals surface area contributed by atoms with Crippen molar-refractivity contribution in [1.29, 1.82) is 0 Å². The van der Waals surface area contributed by atoms with Crippen molar-refractivity contribution < 1.29 is 36.8 Å². The van der Waals surface area contributed by atoms with Crippen molar-refractivity contribution in [3.05, 3.63) is 47.5 Å². The minimum Gasteiger partial charge on any atom is -0.355 e. The molecule has 0 saturated carbocycles. The maximum Gasteiger partial charge on any atom is 0.404 e. The van der Waals surface area contributed by atoms with Gasteiger partial charge in [-0.05, 0) is 41.5 Å². The van der Waals surface area contributed by atoms with Crippen LogP contribution in [0.15, 0.2) is 36.4 Å². The number of hydrogen-bond acceptors (Lipinski definition) is 8. The zero-order valence-corrected chi connectivity index (χ0v) is 30.7. The summed E-state index contributed by atoms with van der Waals surface area (Å²) in [4.78, 5) is 31.5. The van der Waals surface area contributed by atoms with E-state index in [1.807, 2.05) is 41.5 Å². The summed E-state index contributed by atoms with van der Waals surface area (Å²) in [6.07, 6.45) is 6.72. The number of fused-ring (bicyclic) bond motifs is 1. The Morgan fingerprint density at radius 1 is 0.841 bits per heavy atom. The van der Waals surface area contributed by atoms with E-state index in [4.69, 9.17) is 9.05 Å². The molecule has 0 saturated heterocycles. The number of carbonyl (C=O) groups excluding carboxylic acids is 3. The fraction of sp³-hybridized carbons (Fsp3) is 0.594. The molecule has 0 aliphatic rings. The molecule has 0 atom stereocenters. The van der Waals surface area contributed by atoms with Crippen molar-refractivity contribution in [2.45, 2.75) is 67.5 Å². The third kappa shape index (κ3) is 17.6. The van der Waals surface area contributed by atoms with Crippen molar-refractivity contribution in [1.82, 2.24) is 5.32 Å². The number of aldehydes is 2. The molecule has 252 valence electrons. The summed E-state index contributed by atoms with van der Waals surface area (Å²) >= 11 is 2.79. The van der Waals surface area contributed by atoms with Gasteiger partial charge >= 0.3 is 13.3 Å². The third-order valence-corrected chi connectivity index (χ3v) is 7.97. The number of rotatable bonds is 11. The summed E-state index contributed by atoms with van der Waals surface area (Å²) in [5.74, 6) is 0.508. The summed E-state index contributed by atoms with van der Waals surface area (Å²) in [7, 11) is -3.27. The van der Waals surface area contributed by atoms with E-state index >= 15 is 8.78 Å². The Morgan fingerprint density at radius 2 is 1.25 bits per heavy atom. The van der Waals surface area contributed by atoms with Crippen molar-refractivity contribution in [2.75, 3.05) is 44.3 Å². The molecule has 0 bridgehead atoms. The zero-order chi connectivity index (χ0) is 34.6. The predicted molar refractivity (Wildman–Crippen MR) is 185 cm³/mol. The normalized spacial score (nSPS) is 11.6. The van der Waals surface area contributed by atoms with Crippen LogP contribution < -0.4 is 5.32 Å². The molecule has 7 nitrogen and oxygen atoms in total. The standard InChI is InChI=1S/C19H24F2NO4PS2.2C5H10O.C3H8/c1-22-18(23)15-5-4-14-6-7-17(13-16(14)12-15)19(20,21)27(24,25-8-10-28-2)26-9-11-29-3;2*1-5(2,3)4-6;1-3-2/h4-7,12-13H,8-11H2,1-3H3,(H,22,23);2*4H,1-3H3;3H2,1-2H3. The van der Waals surface area contributed by atoms with Gasteiger partial charge in [-0.3, -0.25) is 9.36 Å². The monoisotopic (exact) mass is 679 g/mol. The largest absolute Gasteiger partial charge is 0.404 e. The van der Waals surface area contributed by atoms with Gasteiger partial charge in [-0.1, -0.05) is 80.0 Å². The number of amides is 1. The third-order valence-electron chi connectivity index (χ3n) is 4.83. The summed E-state index contributed by atoms with van der Waals surface area (Å²) in [6, 6.07) is 8.74. The second kappa shape index (κ2) is 21.9. The van der Waals surface area contributed by atoms with Crippen LogP contribution in [0.5, 0.6) is 0 Å². The van der Waals surface area contributed by atoms with Gasteiger partial charge in [0.25, 0.3) is 5.91 Å². The van der Waals surface area contributed by atoms with Crippen LogP contribution in [0.3, 0.4) is 0 Å². The van der Waals surface area contributed by atoms with Crippen LogP contribution in [0.2, 0.25) is 0 Å². The van der Waals surface area contributed by atoms with Crippen LogP contribution in [0.25, 0.3) is 10.8 Å². The highest BCUT2D eigenvalue weighted by atomic mass is 32.2. The molecule has 44 heavy (non-hydrogen) atoms. The molecule has 0 spiro atoms. The minimum absolute atomic E-state index is 0.109. The number of thioether (sulfide) groups is 2. The van der Waals surface area contributed by atoms with Gasteiger partial charge in [-0.25, -0.2) is 0 Å². The molecule has 2 aromatic rings. The number of benzene rings is 2. The number of nitrogens with one attached hydrogen (secondary N) is 1. The topological polar surface area (TPSA) is 98.8 Å². The van der Waals surface area contributed by atoms with E-state index in [2.05, 4.69) is 19.2 Å². The van der Waals surface area contributed by atoms with Crippen molar-refractivity contribution in [2.24, 2.45) is 10.8 Å². The first-order valence-corrected chi connectivity index (χ1v) is 18.6. The van der Waals surface area contributed by atoms with Gasteiger partial charge in [0.1, 0.15) is 12.6 Å². The van der Waals surface area contributed by atoms with Gasteiger partial charge in [-0.15, -0.1) is 0 Å². The highest BCUT2D eigenvalue weighted by Gasteiger charge is 2.55. The van der Waals surface area contributed by atoms with E-state index in [9.17, 15) is 18.9 Å². The van der Waals surface area contributed by atoms with Crippen molar-refractivity contribution in [3.63, 3.8) is 0 Å². The Kier molecular flexibility index (Phi) is 22.0. The number of alkyl halides is 2. The molecular formula is C32H52F2NO6PS2. The Labute approximate surface area is 271 Å². The summed E-state index contributed by atoms with van der Waals surface area (Å²) in [5.41, 5.74) is -4.24. The van der Waals surface area contributed by atoms with Gasteiger partial charge in [0.15, 0.2) is 0 Å². The van der Waals surface area contributed by atoms with Crippen molar-refractivity contribution in [3.8, 4) is 0 Å². The highest BCUT2D eigenvalue weighted by Crippen LogP contribution is 2.67. The maximum atomic E-state index is 15.3. The van der Waals surface area contributed by atoms with Crippen LogP contribution in [0, 0.1) is 10.8 Å². The smallest absolute Gasteiger partial charge is 0.355 e.